The quantitative estimate of drug-likeness (QED) is 0.179. The van der Waals surface area contributed by atoms with Gasteiger partial charge in [0.05, 0.1) is 5.41 Å². The molecule has 1 unspecified atom stereocenters. The molecule has 11 rings (SSSR count). The molecule has 0 fully saturated rings. The Morgan fingerprint density at radius 1 is 0.434 bits per heavy atom. The van der Waals surface area contributed by atoms with Crippen LogP contribution in [0.3, 0.4) is 0 Å². The van der Waals surface area contributed by atoms with Gasteiger partial charge >= 0.3 is 0 Å². The molecule has 0 aromatic heterocycles. The lowest BCUT2D eigenvalue weighted by Crippen LogP contribution is -2.27. The van der Waals surface area contributed by atoms with Crippen molar-refractivity contribution < 1.29 is 0 Å². The van der Waals surface area contributed by atoms with Gasteiger partial charge in [0, 0.05) is 22.5 Å². The number of hydrogen-bond acceptors (Lipinski definition) is 1. The topological polar surface area (TPSA) is 3.24 Å². The van der Waals surface area contributed by atoms with Crippen molar-refractivity contribution in [3.63, 3.8) is 0 Å². The first-order chi connectivity index (χ1) is 26.0. The summed E-state index contributed by atoms with van der Waals surface area (Å²) >= 11 is 0. The first-order valence-electron chi connectivity index (χ1n) is 19.0. The molecule has 0 N–H and O–H groups in total. The summed E-state index contributed by atoms with van der Waals surface area (Å²) in [5, 5.41) is 0. The van der Waals surface area contributed by atoms with Crippen LogP contribution in [-0.2, 0) is 10.8 Å². The van der Waals surface area contributed by atoms with Crippen LogP contribution in [0.2, 0.25) is 0 Å². The van der Waals surface area contributed by atoms with Crippen molar-refractivity contribution in [3.05, 3.63) is 215 Å². The number of allylic oxidation sites excluding steroid dienone is 4. The van der Waals surface area contributed by atoms with Crippen molar-refractivity contribution in [1.82, 2.24) is 0 Å². The Bertz CT molecular complexity index is 2690. The lowest BCUT2D eigenvalue weighted by atomic mass is 9.69. The zero-order valence-electron chi connectivity index (χ0n) is 30.1. The van der Waals surface area contributed by atoms with Crippen molar-refractivity contribution in [3.8, 4) is 33.4 Å². The minimum Gasteiger partial charge on any atom is -0.310 e. The predicted molar refractivity (Wildman–Crippen MR) is 221 cm³/mol. The van der Waals surface area contributed by atoms with E-state index in [1.54, 1.807) is 0 Å². The van der Waals surface area contributed by atoms with Gasteiger partial charge in [0.1, 0.15) is 0 Å². The van der Waals surface area contributed by atoms with Gasteiger partial charge in [0.25, 0.3) is 0 Å². The highest BCUT2D eigenvalue weighted by Crippen LogP contribution is 2.63. The standard InChI is InChI=1S/C52H39N/c1-51(2)45-20-10-6-19-42(45)44-33-38(29-31-46(44)51)53(36-14-4-3-5-15-36)37-27-24-34(25-28-37)35-26-30-43-41-18-9-13-23-49(41)52(50(43)32-35)47-21-11-7-16-39(47)40-17-8-12-22-48(40)52/h3-7,9-16,18-33H,8,17H2,1-2H3. The van der Waals surface area contributed by atoms with Crippen LogP contribution in [0.4, 0.5) is 17.1 Å². The minimum atomic E-state index is -0.296. The largest absolute Gasteiger partial charge is 0.310 e. The van der Waals surface area contributed by atoms with E-state index in [2.05, 4.69) is 195 Å². The number of fused-ring (bicyclic) bond motifs is 12. The molecule has 0 bridgehead atoms. The van der Waals surface area contributed by atoms with Gasteiger partial charge in [-0.05, 0) is 133 Å². The van der Waals surface area contributed by atoms with Gasteiger partial charge in [-0.3, -0.25) is 0 Å². The van der Waals surface area contributed by atoms with Crippen LogP contribution in [0, 0.1) is 0 Å². The van der Waals surface area contributed by atoms with E-state index in [0.29, 0.717) is 0 Å². The second-order valence-electron chi connectivity index (χ2n) is 15.6. The number of anilines is 3. The molecule has 4 aliphatic carbocycles. The van der Waals surface area contributed by atoms with Gasteiger partial charge in [-0.15, -0.1) is 0 Å². The lowest BCUT2D eigenvalue weighted by Gasteiger charge is -2.32. The third-order valence-electron chi connectivity index (χ3n) is 12.6. The molecule has 7 aromatic rings. The molecule has 4 aliphatic rings. The van der Waals surface area contributed by atoms with Crippen LogP contribution >= 0.6 is 0 Å². The van der Waals surface area contributed by atoms with Crippen molar-refractivity contribution >= 4 is 22.6 Å². The lowest BCUT2D eigenvalue weighted by molar-refractivity contribution is 0.660. The normalized spacial score (nSPS) is 17.9. The van der Waals surface area contributed by atoms with Gasteiger partial charge in [-0.25, -0.2) is 0 Å². The Kier molecular flexibility index (Phi) is 6.41. The molecule has 1 spiro atoms. The molecule has 0 saturated carbocycles. The van der Waals surface area contributed by atoms with E-state index < -0.39 is 0 Å². The third kappa shape index (κ3) is 4.14. The summed E-state index contributed by atoms with van der Waals surface area (Å²) in [5.74, 6) is 0. The first-order valence-corrected chi connectivity index (χ1v) is 19.0. The second kappa shape index (κ2) is 11.2. The summed E-state index contributed by atoms with van der Waals surface area (Å²) in [4.78, 5) is 2.39. The number of benzene rings is 7. The fraction of sp³-hybridized carbons (Fsp3) is 0.115. The number of hydrogen-bond donors (Lipinski definition) is 0. The molecule has 0 aliphatic heterocycles. The Morgan fingerprint density at radius 2 is 1.00 bits per heavy atom. The van der Waals surface area contributed by atoms with E-state index in [-0.39, 0.29) is 10.8 Å². The maximum atomic E-state index is 2.49. The Hall–Kier alpha value is -6.18. The molecule has 1 heteroatoms. The molecular weight excluding hydrogens is 639 g/mol. The molecule has 0 radical (unpaired) electrons. The third-order valence-corrected chi connectivity index (χ3v) is 12.6. The SMILES string of the molecule is CC1(C)c2ccccc2-c2cc(N(c3ccccc3)c3ccc(-c4ccc5c(c4)C4(C6=C(CCC=C6)c6ccccc64)c4ccccc4-5)cc3)ccc21. The van der Waals surface area contributed by atoms with E-state index in [1.165, 1.54) is 77.9 Å². The van der Waals surface area contributed by atoms with E-state index in [0.717, 1.165) is 29.9 Å². The van der Waals surface area contributed by atoms with Crippen LogP contribution in [-0.4, -0.2) is 0 Å². The number of rotatable bonds is 4. The summed E-state index contributed by atoms with van der Waals surface area (Å²) in [6, 6.07) is 61.4. The van der Waals surface area contributed by atoms with Crippen molar-refractivity contribution in [2.45, 2.75) is 37.5 Å². The molecule has 0 heterocycles. The molecular formula is C52H39N. The fourth-order valence-electron chi connectivity index (χ4n) is 10.2. The summed E-state index contributed by atoms with van der Waals surface area (Å²) in [6.45, 7) is 4.69. The highest BCUT2D eigenvalue weighted by molar-refractivity contribution is 5.97. The molecule has 7 aromatic carbocycles. The molecule has 252 valence electrons. The second-order valence-corrected chi connectivity index (χ2v) is 15.6. The molecule has 1 atom stereocenters. The molecule has 1 nitrogen and oxygen atoms in total. The van der Waals surface area contributed by atoms with Gasteiger partial charge in [-0.1, -0.05) is 147 Å². The van der Waals surface area contributed by atoms with Crippen molar-refractivity contribution in [2.75, 3.05) is 4.90 Å². The van der Waals surface area contributed by atoms with Crippen LogP contribution in [0.1, 0.15) is 60.1 Å². The Labute approximate surface area is 312 Å². The maximum Gasteiger partial charge on any atom is 0.0722 e. The first kappa shape index (κ1) is 30.4. The predicted octanol–water partition coefficient (Wildman–Crippen LogP) is 13.6. The Balaban J connectivity index is 1.03. The van der Waals surface area contributed by atoms with Crippen molar-refractivity contribution in [1.29, 1.82) is 0 Å². The minimum absolute atomic E-state index is 0.0224. The van der Waals surface area contributed by atoms with E-state index in [1.807, 2.05) is 0 Å². The highest BCUT2D eigenvalue weighted by atomic mass is 15.1. The molecule has 0 amide bonds. The number of nitrogens with zero attached hydrogens (tertiary/aromatic N) is 1. The van der Waals surface area contributed by atoms with Gasteiger partial charge in [0.15, 0.2) is 0 Å². The number of para-hydroxylation sites is 1. The Morgan fingerprint density at radius 3 is 1.77 bits per heavy atom. The van der Waals surface area contributed by atoms with Gasteiger partial charge in [-0.2, -0.15) is 0 Å². The molecule has 0 saturated heterocycles. The van der Waals surface area contributed by atoms with Crippen LogP contribution in [0.25, 0.3) is 39.0 Å². The summed E-state index contributed by atoms with van der Waals surface area (Å²) < 4.78 is 0. The fourth-order valence-corrected chi connectivity index (χ4v) is 10.2. The van der Waals surface area contributed by atoms with Gasteiger partial charge in [0.2, 0.25) is 0 Å². The zero-order chi connectivity index (χ0) is 35.3. The maximum absolute atomic E-state index is 2.49. The zero-order valence-corrected chi connectivity index (χ0v) is 30.1. The average molecular weight is 678 g/mol. The summed E-state index contributed by atoms with van der Waals surface area (Å²) in [7, 11) is 0. The van der Waals surface area contributed by atoms with E-state index >= 15 is 0 Å². The van der Waals surface area contributed by atoms with Crippen LogP contribution < -0.4 is 4.90 Å². The van der Waals surface area contributed by atoms with E-state index in [4.69, 9.17) is 0 Å². The molecule has 53 heavy (non-hydrogen) atoms. The summed E-state index contributed by atoms with van der Waals surface area (Å²) in [6.07, 6.45) is 7.01. The highest BCUT2D eigenvalue weighted by Gasteiger charge is 2.52. The van der Waals surface area contributed by atoms with Gasteiger partial charge < -0.3 is 4.90 Å². The van der Waals surface area contributed by atoms with E-state index in [9.17, 15) is 0 Å². The van der Waals surface area contributed by atoms with Crippen molar-refractivity contribution in [2.24, 2.45) is 0 Å². The summed E-state index contributed by atoms with van der Waals surface area (Å²) in [5.41, 5.74) is 22.4. The smallest absolute Gasteiger partial charge is 0.0722 e. The van der Waals surface area contributed by atoms with Crippen LogP contribution in [0.5, 0.6) is 0 Å². The monoisotopic (exact) mass is 677 g/mol. The van der Waals surface area contributed by atoms with Crippen LogP contribution in [0.15, 0.2) is 182 Å². The average Bonchev–Trinajstić information content (AvgIpc) is 3.77.